The molecule has 0 heterocycles. The van der Waals surface area contributed by atoms with Gasteiger partial charge in [0.25, 0.3) is 0 Å². The summed E-state index contributed by atoms with van der Waals surface area (Å²) in [5, 5.41) is 3.69. The molecular formula is C15H22IN. The van der Waals surface area contributed by atoms with Crippen molar-refractivity contribution in [1.82, 2.24) is 5.32 Å². The van der Waals surface area contributed by atoms with E-state index in [0.717, 1.165) is 12.5 Å². The van der Waals surface area contributed by atoms with E-state index in [1.165, 1.54) is 41.2 Å². The summed E-state index contributed by atoms with van der Waals surface area (Å²) < 4.78 is 1.31. The van der Waals surface area contributed by atoms with Crippen molar-refractivity contribution in [1.29, 1.82) is 0 Å². The van der Waals surface area contributed by atoms with Crippen LogP contribution in [0.4, 0.5) is 0 Å². The Morgan fingerprint density at radius 1 is 1.18 bits per heavy atom. The average molecular weight is 343 g/mol. The molecule has 1 aromatic rings. The van der Waals surface area contributed by atoms with E-state index in [2.05, 4.69) is 59.1 Å². The summed E-state index contributed by atoms with van der Waals surface area (Å²) in [6.07, 6.45) is 7.14. The highest BCUT2D eigenvalue weighted by Crippen LogP contribution is 2.26. The highest BCUT2D eigenvalue weighted by Gasteiger charge is 2.19. The summed E-state index contributed by atoms with van der Waals surface area (Å²) in [5.74, 6) is 0.896. The first-order valence-electron chi connectivity index (χ1n) is 6.73. The van der Waals surface area contributed by atoms with Crippen molar-refractivity contribution in [2.45, 2.75) is 51.6 Å². The van der Waals surface area contributed by atoms with Gasteiger partial charge in [0.05, 0.1) is 0 Å². The zero-order valence-electron chi connectivity index (χ0n) is 10.6. The molecule has 2 rings (SSSR count). The summed E-state index contributed by atoms with van der Waals surface area (Å²) in [7, 11) is 0. The van der Waals surface area contributed by atoms with E-state index in [1.54, 1.807) is 0 Å². The first-order chi connectivity index (χ1) is 8.25. The lowest BCUT2D eigenvalue weighted by atomic mass is 9.84. The maximum absolute atomic E-state index is 3.69. The van der Waals surface area contributed by atoms with Crippen molar-refractivity contribution in [3.63, 3.8) is 0 Å². The van der Waals surface area contributed by atoms with Gasteiger partial charge in [-0.3, -0.25) is 0 Å². The molecular weight excluding hydrogens is 321 g/mol. The second-order valence-corrected chi connectivity index (χ2v) is 6.44. The zero-order valence-corrected chi connectivity index (χ0v) is 12.7. The number of nitrogens with one attached hydrogen (secondary N) is 1. The normalized spacial score (nSPS) is 19.2. The van der Waals surface area contributed by atoms with Gasteiger partial charge in [0, 0.05) is 16.2 Å². The molecule has 0 amide bonds. The third-order valence-corrected chi connectivity index (χ3v) is 4.62. The Morgan fingerprint density at radius 3 is 2.47 bits per heavy atom. The first kappa shape index (κ1) is 13.3. The molecule has 1 saturated carbocycles. The lowest BCUT2D eigenvalue weighted by Gasteiger charge is -2.28. The second kappa shape index (κ2) is 6.74. The van der Waals surface area contributed by atoms with Gasteiger partial charge in [0.15, 0.2) is 0 Å². The molecule has 1 fully saturated rings. The van der Waals surface area contributed by atoms with Gasteiger partial charge in [0.1, 0.15) is 0 Å². The lowest BCUT2D eigenvalue weighted by molar-refractivity contribution is 0.280. The Balaban J connectivity index is 1.78. The Kier molecular flexibility index (Phi) is 5.29. The monoisotopic (exact) mass is 343 g/mol. The van der Waals surface area contributed by atoms with Crippen molar-refractivity contribution >= 4 is 22.6 Å². The van der Waals surface area contributed by atoms with Crippen molar-refractivity contribution in [2.75, 3.05) is 0 Å². The van der Waals surface area contributed by atoms with Crippen LogP contribution in [-0.2, 0) is 6.54 Å². The Hall–Kier alpha value is -0.0900. The lowest BCUT2D eigenvalue weighted by Crippen LogP contribution is -2.34. The molecule has 1 unspecified atom stereocenters. The Morgan fingerprint density at radius 2 is 1.82 bits per heavy atom. The fourth-order valence-electron chi connectivity index (χ4n) is 2.68. The van der Waals surface area contributed by atoms with E-state index in [9.17, 15) is 0 Å². The van der Waals surface area contributed by atoms with Gasteiger partial charge in [-0.05, 0) is 66.0 Å². The van der Waals surface area contributed by atoms with E-state index in [4.69, 9.17) is 0 Å². The summed E-state index contributed by atoms with van der Waals surface area (Å²) >= 11 is 2.35. The molecule has 0 aliphatic heterocycles. The van der Waals surface area contributed by atoms with E-state index in [0.29, 0.717) is 6.04 Å². The standard InChI is InChI=1S/C15H22IN/c1-12(14-5-3-2-4-6-14)17-11-13-7-9-15(16)10-8-13/h7-10,12,14,17H,2-6,11H2,1H3. The predicted molar refractivity (Wildman–Crippen MR) is 82.0 cm³/mol. The minimum absolute atomic E-state index is 0.662. The highest BCUT2D eigenvalue weighted by atomic mass is 127. The quantitative estimate of drug-likeness (QED) is 0.802. The largest absolute Gasteiger partial charge is 0.310 e. The molecule has 2 heteroatoms. The molecule has 0 aromatic heterocycles. The van der Waals surface area contributed by atoms with Crippen LogP contribution < -0.4 is 5.32 Å². The van der Waals surface area contributed by atoms with E-state index >= 15 is 0 Å². The van der Waals surface area contributed by atoms with Gasteiger partial charge in [-0.25, -0.2) is 0 Å². The van der Waals surface area contributed by atoms with Crippen LogP contribution in [-0.4, -0.2) is 6.04 Å². The zero-order chi connectivity index (χ0) is 12.1. The van der Waals surface area contributed by atoms with Crippen molar-refractivity contribution in [3.05, 3.63) is 33.4 Å². The molecule has 0 bridgehead atoms. The number of hydrogen-bond donors (Lipinski definition) is 1. The van der Waals surface area contributed by atoms with Crippen LogP contribution in [0, 0.1) is 9.49 Å². The summed E-state index contributed by atoms with van der Waals surface area (Å²) in [6.45, 7) is 3.36. The van der Waals surface area contributed by atoms with Gasteiger partial charge < -0.3 is 5.32 Å². The molecule has 1 atom stereocenters. The van der Waals surface area contributed by atoms with Gasteiger partial charge >= 0.3 is 0 Å². The minimum atomic E-state index is 0.662. The van der Waals surface area contributed by atoms with Gasteiger partial charge in [-0.1, -0.05) is 31.4 Å². The number of rotatable bonds is 4. The maximum atomic E-state index is 3.69. The van der Waals surface area contributed by atoms with Crippen LogP contribution >= 0.6 is 22.6 Å². The van der Waals surface area contributed by atoms with Gasteiger partial charge in [0.2, 0.25) is 0 Å². The fraction of sp³-hybridized carbons (Fsp3) is 0.600. The SMILES string of the molecule is CC(NCc1ccc(I)cc1)C1CCCCC1. The number of hydrogen-bond acceptors (Lipinski definition) is 1. The van der Waals surface area contributed by atoms with Crippen LogP contribution in [0.1, 0.15) is 44.6 Å². The Bertz CT molecular complexity index is 327. The second-order valence-electron chi connectivity index (χ2n) is 5.19. The molecule has 0 saturated heterocycles. The molecule has 1 aromatic carbocycles. The van der Waals surface area contributed by atoms with Gasteiger partial charge in [-0.15, -0.1) is 0 Å². The molecule has 0 spiro atoms. The first-order valence-corrected chi connectivity index (χ1v) is 7.81. The molecule has 94 valence electrons. The number of halogens is 1. The van der Waals surface area contributed by atoms with Crippen LogP contribution in [0.5, 0.6) is 0 Å². The van der Waals surface area contributed by atoms with Crippen molar-refractivity contribution in [3.8, 4) is 0 Å². The summed E-state index contributed by atoms with van der Waals surface area (Å²) in [5.41, 5.74) is 1.40. The van der Waals surface area contributed by atoms with Gasteiger partial charge in [-0.2, -0.15) is 0 Å². The predicted octanol–water partition coefficient (Wildman–Crippen LogP) is 4.35. The summed E-state index contributed by atoms with van der Waals surface area (Å²) in [6, 6.07) is 9.48. The molecule has 0 radical (unpaired) electrons. The minimum Gasteiger partial charge on any atom is -0.310 e. The van der Waals surface area contributed by atoms with Crippen molar-refractivity contribution < 1.29 is 0 Å². The maximum Gasteiger partial charge on any atom is 0.0208 e. The van der Waals surface area contributed by atoms with E-state index in [1.807, 2.05) is 0 Å². The fourth-order valence-corrected chi connectivity index (χ4v) is 3.04. The average Bonchev–Trinajstić information content (AvgIpc) is 2.39. The molecule has 1 N–H and O–H groups in total. The third-order valence-electron chi connectivity index (χ3n) is 3.90. The molecule has 17 heavy (non-hydrogen) atoms. The number of benzene rings is 1. The van der Waals surface area contributed by atoms with Crippen LogP contribution in [0.3, 0.4) is 0 Å². The smallest absolute Gasteiger partial charge is 0.0208 e. The van der Waals surface area contributed by atoms with Crippen LogP contribution in [0.25, 0.3) is 0 Å². The van der Waals surface area contributed by atoms with E-state index in [-0.39, 0.29) is 0 Å². The van der Waals surface area contributed by atoms with E-state index < -0.39 is 0 Å². The highest BCUT2D eigenvalue weighted by molar-refractivity contribution is 14.1. The Labute approximate surface area is 119 Å². The third kappa shape index (κ3) is 4.25. The molecule has 1 aliphatic rings. The van der Waals surface area contributed by atoms with Crippen LogP contribution in [0.2, 0.25) is 0 Å². The van der Waals surface area contributed by atoms with Crippen molar-refractivity contribution in [2.24, 2.45) is 5.92 Å². The molecule has 1 aliphatic carbocycles. The topological polar surface area (TPSA) is 12.0 Å². The molecule has 1 nitrogen and oxygen atoms in total. The van der Waals surface area contributed by atoms with Crippen LogP contribution in [0.15, 0.2) is 24.3 Å². The summed E-state index contributed by atoms with van der Waals surface area (Å²) in [4.78, 5) is 0.